The molecule has 2 N–H and O–H groups in total. The maximum atomic E-state index is 11.5. The van der Waals surface area contributed by atoms with Crippen molar-refractivity contribution in [1.82, 2.24) is 0 Å². The second-order valence-electron chi connectivity index (χ2n) is 4.05. The molecule has 2 rings (SSSR count). The lowest BCUT2D eigenvalue weighted by Gasteiger charge is -2.09. The summed E-state index contributed by atoms with van der Waals surface area (Å²) in [6.45, 7) is 0.500. The van der Waals surface area contributed by atoms with Gasteiger partial charge in [0.2, 0.25) is 0 Å². The predicted octanol–water partition coefficient (Wildman–Crippen LogP) is 3.17. The molecular weight excluding hydrogens is 306 g/mol. The SMILES string of the molecule is NCC(=O)c1ccc(OCc2ccccc2)c(Br)c1. The zero-order chi connectivity index (χ0) is 13.7. The van der Waals surface area contributed by atoms with Crippen LogP contribution in [-0.4, -0.2) is 12.3 Å². The standard InChI is InChI=1S/C15H14BrNO2/c16-13-8-12(14(18)9-17)6-7-15(13)19-10-11-4-2-1-3-5-11/h1-8H,9-10,17H2. The Hall–Kier alpha value is -1.65. The molecule has 0 unspecified atom stereocenters. The molecule has 0 saturated heterocycles. The third kappa shape index (κ3) is 3.66. The third-order valence-corrected chi connectivity index (χ3v) is 3.30. The van der Waals surface area contributed by atoms with Crippen molar-refractivity contribution in [3.63, 3.8) is 0 Å². The zero-order valence-electron chi connectivity index (χ0n) is 10.3. The van der Waals surface area contributed by atoms with Crippen LogP contribution in [0.4, 0.5) is 0 Å². The van der Waals surface area contributed by atoms with Crippen LogP contribution in [0.15, 0.2) is 53.0 Å². The highest BCUT2D eigenvalue weighted by molar-refractivity contribution is 9.10. The summed E-state index contributed by atoms with van der Waals surface area (Å²) in [4.78, 5) is 11.5. The van der Waals surface area contributed by atoms with Crippen LogP contribution in [0, 0.1) is 0 Å². The Kier molecular flexibility index (Phi) is 4.71. The molecule has 4 heteroatoms. The van der Waals surface area contributed by atoms with Crippen LogP contribution in [-0.2, 0) is 6.61 Å². The van der Waals surface area contributed by atoms with Crippen LogP contribution in [0.1, 0.15) is 15.9 Å². The summed E-state index contributed by atoms with van der Waals surface area (Å²) in [5.41, 5.74) is 7.01. The number of benzene rings is 2. The Balaban J connectivity index is 2.07. The molecule has 0 saturated carbocycles. The lowest BCUT2D eigenvalue weighted by molar-refractivity contribution is 0.100. The number of ketones is 1. The summed E-state index contributed by atoms with van der Waals surface area (Å²) >= 11 is 3.40. The van der Waals surface area contributed by atoms with Crippen molar-refractivity contribution >= 4 is 21.7 Å². The molecule has 0 atom stereocenters. The number of hydrogen-bond donors (Lipinski definition) is 1. The van der Waals surface area contributed by atoms with E-state index < -0.39 is 0 Å². The number of ether oxygens (including phenoxy) is 1. The summed E-state index contributed by atoms with van der Waals surface area (Å²) in [7, 11) is 0. The van der Waals surface area contributed by atoms with Crippen molar-refractivity contribution in [3.05, 3.63) is 64.1 Å². The van der Waals surface area contributed by atoms with E-state index in [0.717, 1.165) is 10.0 Å². The molecule has 0 aliphatic carbocycles. The quantitative estimate of drug-likeness (QED) is 0.861. The number of rotatable bonds is 5. The van der Waals surface area contributed by atoms with E-state index in [-0.39, 0.29) is 12.3 Å². The number of halogens is 1. The monoisotopic (exact) mass is 319 g/mol. The van der Waals surface area contributed by atoms with Crippen LogP contribution in [0.2, 0.25) is 0 Å². The molecule has 0 fully saturated rings. The molecule has 19 heavy (non-hydrogen) atoms. The Morgan fingerprint density at radius 3 is 2.53 bits per heavy atom. The van der Waals surface area contributed by atoms with E-state index in [1.807, 2.05) is 30.3 Å². The number of Topliss-reactive ketones (excluding diaryl/α,β-unsaturated/α-hetero) is 1. The molecule has 98 valence electrons. The fourth-order valence-electron chi connectivity index (χ4n) is 1.64. The fourth-order valence-corrected chi connectivity index (χ4v) is 2.14. The van der Waals surface area contributed by atoms with E-state index in [1.165, 1.54) is 0 Å². The van der Waals surface area contributed by atoms with Gasteiger partial charge in [0.25, 0.3) is 0 Å². The van der Waals surface area contributed by atoms with Crippen LogP contribution in [0.3, 0.4) is 0 Å². The second-order valence-corrected chi connectivity index (χ2v) is 4.90. The molecule has 0 aromatic heterocycles. The van der Waals surface area contributed by atoms with Crippen molar-refractivity contribution in [3.8, 4) is 5.75 Å². The number of carbonyl (C=O) groups excluding carboxylic acids is 1. The smallest absolute Gasteiger partial charge is 0.176 e. The molecule has 0 aliphatic rings. The van der Waals surface area contributed by atoms with Gasteiger partial charge in [-0.25, -0.2) is 0 Å². The van der Waals surface area contributed by atoms with Gasteiger partial charge in [-0.1, -0.05) is 30.3 Å². The second kappa shape index (κ2) is 6.50. The molecule has 2 aromatic carbocycles. The highest BCUT2D eigenvalue weighted by Gasteiger charge is 2.07. The minimum Gasteiger partial charge on any atom is -0.488 e. The maximum absolute atomic E-state index is 11.5. The normalized spacial score (nSPS) is 10.2. The molecule has 0 bridgehead atoms. The van der Waals surface area contributed by atoms with E-state index in [4.69, 9.17) is 10.5 Å². The first-order chi connectivity index (χ1) is 9.20. The predicted molar refractivity (Wildman–Crippen MR) is 78.3 cm³/mol. The molecular formula is C15H14BrNO2. The minimum atomic E-state index is -0.0877. The highest BCUT2D eigenvalue weighted by atomic mass is 79.9. The average Bonchev–Trinajstić information content (AvgIpc) is 2.46. The lowest BCUT2D eigenvalue weighted by atomic mass is 10.1. The Morgan fingerprint density at radius 1 is 1.16 bits per heavy atom. The topological polar surface area (TPSA) is 52.3 Å². The number of carbonyl (C=O) groups is 1. The van der Waals surface area contributed by atoms with Crippen LogP contribution < -0.4 is 10.5 Å². The van der Waals surface area contributed by atoms with Crippen LogP contribution in [0.5, 0.6) is 5.75 Å². The first kappa shape index (κ1) is 13.8. The first-order valence-electron chi connectivity index (χ1n) is 5.90. The molecule has 0 radical (unpaired) electrons. The van der Waals surface area contributed by atoms with Gasteiger partial charge in [-0.05, 0) is 39.7 Å². The van der Waals surface area contributed by atoms with Gasteiger partial charge in [-0.2, -0.15) is 0 Å². The van der Waals surface area contributed by atoms with E-state index >= 15 is 0 Å². The summed E-state index contributed by atoms with van der Waals surface area (Å²) in [6, 6.07) is 15.1. The van der Waals surface area contributed by atoms with Gasteiger partial charge in [0, 0.05) is 5.56 Å². The van der Waals surface area contributed by atoms with Crippen LogP contribution in [0.25, 0.3) is 0 Å². The van der Waals surface area contributed by atoms with Crippen molar-refractivity contribution in [2.24, 2.45) is 5.73 Å². The van der Waals surface area contributed by atoms with Crippen molar-refractivity contribution in [2.45, 2.75) is 6.61 Å². The van der Waals surface area contributed by atoms with E-state index in [2.05, 4.69) is 15.9 Å². The van der Waals surface area contributed by atoms with Crippen LogP contribution >= 0.6 is 15.9 Å². The highest BCUT2D eigenvalue weighted by Crippen LogP contribution is 2.26. The van der Waals surface area contributed by atoms with Gasteiger partial charge >= 0.3 is 0 Å². The van der Waals surface area contributed by atoms with Gasteiger partial charge in [0.05, 0.1) is 11.0 Å². The van der Waals surface area contributed by atoms with Crippen molar-refractivity contribution in [1.29, 1.82) is 0 Å². The third-order valence-electron chi connectivity index (χ3n) is 2.68. The van der Waals surface area contributed by atoms with Gasteiger partial charge in [-0.3, -0.25) is 4.79 Å². The van der Waals surface area contributed by atoms with E-state index in [0.29, 0.717) is 17.9 Å². The average molecular weight is 320 g/mol. The molecule has 0 amide bonds. The Labute approximate surface area is 120 Å². The van der Waals surface area contributed by atoms with Crippen molar-refractivity contribution < 1.29 is 9.53 Å². The van der Waals surface area contributed by atoms with Gasteiger partial charge in [0.1, 0.15) is 12.4 Å². The van der Waals surface area contributed by atoms with Gasteiger partial charge in [-0.15, -0.1) is 0 Å². The Bertz CT molecular complexity index is 570. The van der Waals surface area contributed by atoms with Gasteiger partial charge < -0.3 is 10.5 Å². The lowest BCUT2D eigenvalue weighted by Crippen LogP contribution is -2.13. The number of hydrogen-bond acceptors (Lipinski definition) is 3. The number of nitrogens with two attached hydrogens (primary N) is 1. The van der Waals surface area contributed by atoms with E-state index in [1.54, 1.807) is 18.2 Å². The fraction of sp³-hybridized carbons (Fsp3) is 0.133. The summed E-state index contributed by atoms with van der Waals surface area (Å²) in [6.07, 6.45) is 0. The minimum absolute atomic E-state index is 0.0106. The zero-order valence-corrected chi connectivity index (χ0v) is 11.9. The molecule has 3 nitrogen and oxygen atoms in total. The molecule has 2 aromatic rings. The Morgan fingerprint density at radius 2 is 1.89 bits per heavy atom. The summed E-state index contributed by atoms with van der Waals surface area (Å²) in [5.74, 6) is 0.618. The van der Waals surface area contributed by atoms with Crippen molar-refractivity contribution in [2.75, 3.05) is 6.54 Å². The maximum Gasteiger partial charge on any atom is 0.176 e. The summed E-state index contributed by atoms with van der Waals surface area (Å²) in [5, 5.41) is 0. The largest absolute Gasteiger partial charge is 0.488 e. The molecule has 0 aliphatic heterocycles. The summed E-state index contributed by atoms with van der Waals surface area (Å²) < 4.78 is 6.45. The first-order valence-corrected chi connectivity index (χ1v) is 6.69. The van der Waals surface area contributed by atoms with Gasteiger partial charge in [0.15, 0.2) is 5.78 Å². The molecule has 0 spiro atoms. The molecule has 0 heterocycles. The van der Waals surface area contributed by atoms with E-state index in [9.17, 15) is 4.79 Å².